The van der Waals surface area contributed by atoms with Crippen LogP contribution in [0, 0.1) is 34.6 Å². The van der Waals surface area contributed by atoms with E-state index in [4.69, 9.17) is 5.73 Å². The molecule has 21 heavy (non-hydrogen) atoms. The molecule has 1 heterocycles. The van der Waals surface area contributed by atoms with Crippen molar-refractivity contribution in [2.75, 3.05) is 13.1 Å². The highest BCUT2D eigenvalue weighted by atomic mass is 35.5. The molecule has 1 saturated heterocycles. The van der Waals surface area contributed by atoms with Gasteiger partial charge in [-0.25, -0.2) is 8.42 Å². The molecule has 1 aromatic carbocycles. The van der Waals surface area contributed by atoms with Crippen LogP contribution in [-0.2, 0) is 10.0 Å². The molecule has 1 fully saturated rings. The molecule has 0 amide bonds. The minimum absolute atomic E-state index is 0. The summed E-state index contributed by atoms with van der Waals surface area (Å²) in [5, 5.41) is 0. The van der Waals surface area contributed by atoms with Gasteiger partial charge in [0.05, 0.1) is 4.90 Å². The largest absolute Gasteiger partial charge is 0.326 e. The molecule has 120 valence electrons. The number of rotatable bonds is 2. The number of benzene rings is 1. The van der Waals surface area contributed by atoms with Crippen molar-refractivity contribution >= 4 is 22.4 Å². The molecule has 1 aliphatic heterocycles. The molecule has 2 rings (SSSR count). The van der Waals surface area contributed by atoms with E-state index in [-0.39, 0.29) is 18.4 Å². The van der Waals surface area contributed by atoms with E-state index in [0.29, 0.717) is 18.0 Å². The lowest BCUT2D eigenvalue weighted by Gasteiger charge is -2.23. The Bertz CT molecular complexity index is 627. The minimum atomic E-state index is -3.44. The molecule has 0 aromatic heterocycles. The molecule has 1 aliphatic rings. The molecule has 0 bridgehead atoms. The first kappa shape index (κ1) is 18.4. The number of nitrogens with two attached hydrogens (primary N) is 1. The van der Waals surface area contributed by atoms with E-state index in [0.717, 1.165) is 28.7 Å². The Morgan fingerprint density at radius 1 is 0.952 bits per heavy atom. The lowest BCUT2D eigenvalue weighted by atomic mass is 9.95. The van der Waals surface area contributed by atoms with Crippen LogP contribution in [0.1, 0.15) is 34.2 Å². The van der Waals surface area contributed by atoms with Crippen LogP contribution in [0.25, 0.3) is 0 Å². The molecule has 1 aromatic rings. The Balaban J connectivity index is 0.00000220. The number of hydrogen-bond donors (Lipinski definition) is 1. The Hall–Kier alpha value is -0.620. The van der Waals surface area contributed by atoms with E-state index in [9.17, 15) is 8.42 Å². The molecule has 0 radical (unpaired) electrons. The maximum absolute atomic E-state index is 12.9. The normalized spacial score (nSPS) is 19.6. The monoisotopic (exact) mass is 332 g/mol. The van der Waals surface area contributed by atoms with Crippen LogP contribution in [0.3, 0.4) is 0 Å². The van der Waals surface area contributed by atoms with Gasteiger partial charge >= 0.3 is 0 Å². The fourth-order valence-corrected chi connectivity index (χ4v) is 5.03. The van der Waals surface area contributed by atoms with Crippen LogP contribution in [0.5, 0.6) is 0 Å². The van der Waals surface area contributed by atoms with Gasteiger partial charge in [0.25, 0.3) is 0 Å². The van der Waals surface area contributed by atoms with Crippen molar-refractivity contribution in [3.8, 4) is 0 Å². The highest BCUT2D eigenvalue weighted by molar-refractivity contribution is 7.89. The minimum Gasteiger partial charge on any atom is -0.326 e. The first-order valence-corrected chi connectivity index (χ1v) is 8.44. The van der Waals surface area contributed by atoms with Crippen LogP contribution in [0.2, 0.25) is 0 Å². The topological polar surface area (TPSA) is 63.4 Å². The van der Waals surface area contributed by atoms with Gasteiger partial charge in [-0.2, -0.15) is 4.31 Å². The van der Waals surface area contributed by atoms with Gasteiger partial charge < -0.3 is 5.73 Å². The third kappa shape index (κ3) is 2.97. The van der Waals surface area contributed by atoms with Crippen molar-refractivity contribution in [1.82, 2.24) is 4.31 Å². The van der Waals surface area contributed by atoms with E-state index in [1.807, 2.05) is 34.6 Å². The summed E-state index contributed by atoms with van der Waals surface area (Å²) in [4.78, 5) is 0.479. The number of sulfonamides is 1. The van der Waals surface area contributed by atoms with Crippen molar-refractivity contribution < 1.29 is 8.42 Å². The third-order valence-corrected chi connectivity index (χ3v) is 6.86. The fourth-order valence-electron chi connectivity index (χ4n) is 2.95. The maximum Gasteiger partial charge on any atom is 0.243 e. The highest BCUT2D eigenvalue weighted by Gasteiger charge is 2.34. The molecule has 1 atom stereocenters. The smallest absolute Gasteiger partial charge is 0.243 e. The highest BCUT2D eigenvalue weighted by Crippen LogP contribution is 2.32. The first-order valence-electron chi connectivity index (χ1n) is 7.00. The van der Waals surface area contributed by atoms with Gasteiger partial charge in [-0.3, -0.25) is 0 Å². The molecule has 0 spiro atoms. The van der Waals surface area contributed by atoms with E-state index < -0.39 is 10.0 Å². The second-order valence-corrected chi connectivity index (χ2v) is 7.74. The summed E-state index contributed by atoms with van der Waals surface area (Å²) in [7, 11) is -3.44. The summed E-state index contributed by atoms with van der Waals surface area (Å²) in [6, 6.07) is -0.0435. The molecule has 2 N–H and O–H groups in total. The van der Waals surface area contributed by atoms with Crippen LogP contribution in [-0.4, -0.2) is 31.9 Å². The second-order valence-electron chi connectivity index (χ2n) is 5.87. The van der Waals surface area contributed by atoms with Gasteiger partial charge in [0.15, 0.2) is 0 Å². The standard InChI is InChI=1S/C15H24N2O2S.ClH/c1-9-10(2)12(4)15(13(5)11(9)3)20(18,19)17-7-6-14(16)8-17;/h14H,6-8,16H2,1-5H3;1H/t14-;/m0./s1. The molecular weight excluding hydrogens is 308 g/mol. The molecule has 0 saturated carbocycles. The zero-order valence-electron chi connectivity index (χ0n) is 13.4. The zero-order valence-corrected chi connectivity index (χ0v) is 15.0. The molecular formula is C15H25ClN2O2S. The van der Waals surface area contributed by atoms with Gasteiger partial charge in [0, 0.05) is 19.1 Å². The Labute approximate surface area is 134 Å². The van der Waals surface area contributed by atoms with E-state index in [1.54, 1.807) is 0 Å². The van der Waals surface area contributed by atoms with Crippen molar-refractivity contribution in [2.24, 2.45) is 5.73 Å². The average molecular weight is 333 g/mol. The third-order valence-electron chi connectivity index (χ3n) is 4.72. The van der Waals surface area contributed by atoms with Crippen LogP contribution >= 0.6 is 12.4 Å². The number of nitrogens with zero attached hydrogens (tertiary/aromatic N) is 1. The van der Waals surface area contributed by atoms with Gasteiger partial charge in [0.2, 0.25) is 10.0 Å². The predicted molar refractivity (Wildman–Crippen MR) is 88.7 cm³/mol. The van der Waals surface area contributed by atoms with Crippen molar-refractivity contribution in [1.29, 1.82) is 0 Å². The summed E-state index contributed by atoms with van der Waals surface area (Å²) < 4.78 is 27.3. The average Bonchev–Trinajstić information content (AvgIpc) is 2.81. The quantitative estimate of drug-likeness (QED) is 0.904. The molecule has 6 heteroatoms. The van der Waals surface area contributed by atoms with Crippen molar-refractivity contribution in [2.45, 2.75) is 52.0 Å². The first-order chi connectivity index (χ1) is 9.17. The van der Waals surface area contributed by atoms with E-state index in [2.05, 4.69) is 0 Å². The van der Waals surface area contributed by atoms with Crippen LogP contribution in [0.4, 0.5) is 0 Å². The fraction of sp³-hybridized carbons (Fsp3) is 0.600. The van der Waals surface area contributed by atoms with Gasteiger partial charge in [-0.05, 0) is 68.9 Å². The summed E-state index contributed by atoms with van der Waals surface area (Å²) in [6.07, 6.45) is 0.737. The van der Waals surface area contributed by atoms with Crippen LogP contribution in [0.15, 0.2) is 4.90 Å². The maximum atomic E-state index is 12.9. The van der Waals surface area contributed by atoms with Crippen molar-refractivity contribution in [3.05, 3.63) is 27.8 Å². The second kappa shape index (κ2) is 6.24. The summed E-state index contributed by atoms with van der Waals surface area (Å²) in [5.74, 6) is 0. The van der Waals surface area contributed by atoms with Gasteiger partial charge in [0.1, 0.15) is 0 Å². The van der Waals surface area contributed by atoms with Gasteiger partial charge in [-0.1, -0.05) is 0 Å². The molecule has 4 nitrogen and oxygen atoms in total. The number of halogens is 1. The zero-order chi connectivity index (χ0) is 15.2. The number of hydrogen-bond acceptors (Lipinski definition) is 3. The Kier molecular flexibility index (Phi) is 5.48. The lowest BCUT2D eigenvalue weighted by Crippen LogP contribution is -2.33. The summed E-state index contributed by atoms with van der Waals surface area (Å²) in [6.45, 7) is 10.8. The summed E-state index contributed by atoms with van der Waals surface area (Å²) >= 11 is 0. The van der Waals surface area contributed by atoms with Gasteiger partial charge in [-0.15, -0.1) is 12.4 Å². The SMILES string of the molecule is Cc1c(C)c(C)c(S(=O)(=O)N2CC[C@H](N)C2)c(C)c1C.Cl. The Morgan fingerprint density at radius 3 is 1.76 bits per heavy atom. The molecule has 0 unspecified atom stereocenters. The van der Waals surface area contributed by atoms with E-state index in [1.165, 1.54) is 9.87 Å². The predicted octanol–water partition coefficient (Wildman–Crippen LogP) is 2.37. The summed E-state index contributed by atoms with van der Waals surface area (Å²) in [5.41, 5.74) is 10.9. The lowest BCUT2D eigenvalue weighted by molar-refractivity contribution is 0.471. The van der Waals surface area contributed by atoms with E-state index >= 15 is 0 Å². The van der Waals surface area contributed by atoms with Crippen molar-refractivity contribution in [3.63, 3.8) is 0 Å². The van der Waals surface area contributed by atoms with Crippen LogP contribution < -0.4 is 5.73 Å². The molecule has 0 aliphatic carbocycles. The Morgan fingerprint density at radius 2 is 1.38 bits per heavy atom.